The van der Waals surface area contributed by atoms with Gasteiger partial charge in [0, 0.05) is 23.6 Å². The normalized spacial score (nSPS) is 11.1. The molecule has 1 amide bonds. The van der Waals surface area contributed by atoms with Crippen molar-refractivity contribution in [3.05, 3.63) is 68.2 Å². The molecule has 0 radical (unpaired) electrons. The number of carbonyl (C=O) groups excluding carboxylic acids is 1. The van der Waals surface area contributed by atoms with E-state index in [0.29, 0.717) is 40.1 Å². The van der Waals surface area contributed by atoms with Crippen molar-refractivity contribution in [2.75, 3.05) is 6.61 Å². The summed E-state index contributed by atoms with van der Waals surface area (Å²) in [4.78, 5) is 22.0. The van der Waals surface area contributed by atoms with Gasteiger partial charge in [0.2, 0.25) is 5.91 Å². The molecule has 0 unspecified atom stereocenters. The number of amides is 1. The summed E-state index contributed by atoms with van der Waals surface area (Å²) in [5.41, 5.74) is 3.67. The molecule has 27 heavy (non-hydrogen) atoms. The number of nitro benzene ring substituents is 1. The number of benzene rings is 2. The van der Waals surface area contributed by atoms with Crippen LogP contribution < -0.4 is 10.2 Å². The molecule has 0 aliphatic carbocycles. The summed E-state index contributed by atoms with van der Waals surface area (Å²) in [5, 5.41) is 15.6. The highest BCUT2D eigenvalue weighted by Gasteiger charge is 2.07. The van der Waals surface area contributed by atoms with Gasteiger partial charge in [-0.2, -0.15) is 5.10 Å². The van der Waals surface area contributed by atoms with Crippen molar-refractivity contribution in [2.24, 2.45) is 5.10 Å². The van der Waals surface area contributed by atoms with E-state index in [9.17, 15) is 14.9 Å². The van der Waals surface area contributed by atoms with Crippen molar-refractivity contribution < 1.29 is 14.5 Å². The van der Waals surface area contributed by atoms with Gasteiger partial charge in [0.05, 0.1) is 22.3 Å². The molecule has 0 spiro atoms. The van der Waals surface area contributed by atoms with Crippen LogP contribution in [0, 0.1) is 10.1 Å². The van der Waals surface area contributed by atoms with E-state index in [1.54, 1.807) is 37.3 Å². The zero-order chi connectivity index (χ0) is 19.8. The van der Waals surface area contributed by atoms with Crippen molar-refractivity contribution in [3.8, 4) is 5.75 Å². The van der Waals surface area contributed by atoms with Crippen LogP contribution in [-0.2, 0) is 4.79 Å². The van der Waals surface area contributed by atoms with Crippen LogP contribution in [0.25, 0.3) is 0 Å². The minimum absolute atomic E-state index is 0.00336. The Bertz CT molecular complexity index is 854. The van der Waals surface area contributed by atoms with Crippen LogP contribution in [0.2, 0.25) is 10.0 Å². The highest BCUT2D eigenvalue weighted by atomic mass is 35.5. The van der Waals surface area contributed by atoms with Gasteiger partial charge in [-0.05, 0) is 49.2 Å². The van der Waals surface area contributed by atoms with Crippen LogP contribution in [0.15, 0.2) is 47.6 Å². The molecule has 9 heteroatoms. The lowest BCUT2D eigenvalue weighted by Gasteiger charge is -2.08. The van der Waals surface area contributed by atoms with Crippen LogP contribution in [0.1, 0.15) is 25.3 Å². The van der Waals surface area contributed by atoms with Crippen LogP contribution in [0.3, 0.4) is 0 Å². The third kappa shape index (κ3) is 6.54. The van der Waals surface area contributed by atoms with Gasteiger partial charge in [0.25, 0.3) is 5.69 Å². The third-order valence-corrected chi connectivity index (χ3v) is 4.07. The Hall–Kier alpha value is -2.64. The molecule has 0 aliphatic rings. The number of non-ortho nitro benzene ring substituents is 1. The molecular weight excluding hydrogens is 393 g/mol. The van der Waals surface area contributed by atoms with Gasteiger partial charge in [-0.15, -0.1) is 0 Å². The number of rotatable bonds is 8. The zero-order valence-corrected chi connectivity index (χ0v) is 16.0. The summed E-state index contributed by atoms with van der Waals surface area (Å²) in [5.74, 6) is 0.246. The number of ether oxygens (including phenoxy) is 1. The number of nitrogens with one attached hydrogen (secondary N) is 1. The molecular formula is C18H17Cl2N3O4. The molecule has 2 aromatic rings. The number of hydrogen-bond acceptors (Lipinski definition) is 5. The molecule has 2 aromatic carbocycles. The van der Waals surface area contributed by atoms with Crippen LogP contribution in [0.5, 0.6) is 5.75 Å². The quantitative estimate of drug-likeness (QED) is 0.298. The smallest absolute Gasteiger partial charge is 0.269 e. The lowest BCUT2D eigenvalue weighted by Crippen LogP contribution is -2.19. The van der Waals surface area contributed by atoms with E-state index in [2.05, 4.69) is 10.5 Å². The fourth-order valence-electron chi connectivity index (χ4n) is 2.10. The first-order chi connectivity index (χ1) is 12.9. The Morgan fingerprint density at radius 1 is 1.22 bits per heavy atom. The molecule has 1 N–H and O–H groups in total. The Labute approximate surface area is 166 Å². The molecule has 0 aromatic heterocycles. The first-order valence-corrected chi connectivity index (χ1v) is 8.78. The number of nitrogens with zero attached hydrogens (tertiary/aromatic N) is 2. The van der Waals surface area contributed by atoms with Crippen LogP contribution in [-0.4, -0.2) is 23.1 Å². The predicted octanol–water partition coefficient (Wildman–Crippen LogP) is 4.60. The van der Waals surface area contributed by atoms with Gasteiger partial charge in [-0.3, -0.25) is 14.9 Å². The predicted molar refractivity (Wildman–Crippen MR) is 105 cm³/mol. The van der Waals surface area contributed by atoms with E-state index >= 15 is 0 Å². The molecule has 0 bridgehead atoms. The van der Waals surface area contributed by atoms with Crippen molar-refractivity contribution in [1.82, 2.24) is 5.43 Å². The molecule has 7 nitrogen and oxygen atoms in total. The molecule has 2 rings (SSSR count). The van der Waals surface area contributed by atoms with Crippen molar-refractivity contribution in [2.45, 2.75) is 19.8 Å². The maximum atomic E-state index is 11.8. The van der Waals surface area contributed by atoms with Crippen molar-refractivity contribution >= 4 is 40.5 Å². The second kappa shape index (κ2) is 9.89. The maximum absolute atomic E-state index is 11.8. The molecule has 0 aliphatic heterocycles. The van der Waals surface area contributed by atoms with Gasteiger partial charge >= 0.3 is 0 Å². The number of halogens is 2. The largest absolute Gasteiger partial charge is 0.492 e. The zero-order valence-electron chi connectivity index (χ0n) is 14.4. The van der Waals surface area contributed by atoms with Gasteiger partial charge in [-0.25, -0.2) is 5.43 Å². The van der Waals surface area contributed by atoms with E-state index < -0.39 is 4.92 Å². The third-order valence-electron chi connectivity index (χ3n) is 3.54. The van der Waals surface area contributed by atoms with E-state index in [1.165, 1.54) is 12.1 Å². The Morgan fingerprint density at radius 3 is 2.56 bits per heavy atom. The summed E-state index contributed by atoms with van der Waals surface area (Å²) in [6.45, 7) is 2.02. The monoisotopic (exact) mass is 409 g/mol. The molecule has 0 atom stereocenters. The second-order valence-electron chi connectivity index (χ2n) is 5.56. The van der Waals surface area contributed by atoms with E-state index in [0.717, 1.165) is 0 Å². The summed E-state index contributed by atoms with van der Waals surface area (Å²) >= 11 is 11.8. The lowest BCUT2D eigenvalue weighted by atomic mass is 10.1. The molecule has 0 fully saturated rings. The van der Waals surface area contributed by atoms with Gasteiger partial charge in [0.1, 0.15) is 5.75 Å². The highest BCUT2D eigenvalue weighted by molar-refractivity contribution is 6.35. The fourth-order valence-corrected chi connectivity index (χ4v) is 2.56. The number of hydrogen-bond donors (Lipinski definition) is 1. The lowest BCUT2D eigenvalue weighted by molar-refractivity contribution is -0.384. The second-order valence-corrected chi connectivity index (χ2v) is 6.41. The Morgan fingerprint density at radius 2 is 1.93 bits per heavy atom. The Kier molecular flexibility index (Phi) is 7.57. The SMILES string of the molecule is C/C(=N\NC(=O)CCCOc1ccc(Cl)cc1Cl)c1ccc([N+](=O)[O-])cc1. The van der Waals surface area contributed by atoms with Crippen molar-refractivity contribution in [1.29, 1.82) is 0 Å². The van der Waals surface area contributed by atoms with E-state index in [1.807, 2.05) is 0 Å². The van der Waals surface area contributed by atoms with Crippen LogP contribution in [0.4, 0.5) is 5.69 Å². The van der Waals surface area contributed by atoms with Gasteiger partial charge < -0.3 is 4.74 Å². The first-order valence-electron chi connectivity index (χ1n) is 8.02. The van der Waals surface area contributed by atoms with Crippen molar-refractivity contribution in [3.63, 3.8) is 0 Å². The van der Waals surface area contributed by atoms with Gasteiger partial charge in [0.15, 0.2) is 0 Å². The maximum Gasteiger partial charge on any atom is 0.269 e. The molecule has 0 saturated carbocycles. The first kappa shape index (κ1) is 20.7. The average Bonchev–Trinajstić information content (AvgIpc) is 2.64. The number of hydrazone groups is 1. The minimum atomic E-state index is -0.475. The molecule has 0 heterocycles. The summed E-state index contributed by atoms with van der Waals surface area (Å²) < 4.78 is 5.51. The standard InChI is InChI=1S/C18H17Cl2N3O4/c1-12(13-4-7-15(8-5-13)23(25)26)21-22-18(24)3-2-10-27-17-9-6-14(19)11-16(17)20/h4-9,11H,2-3,10H2,1H3,(H,22,24)/b21-12+. The van der Waals surface area contributed by atoms with Gasteiger partial charge in [-0.1, -0.05) is 23.2 Å². The van der Waals surface area contributed by atoms with Crippen LogP contribution >= 0.6 is 23.2 Å². The molecule has 0 saturated heterocycles. The summed E-state index contributed by atoms with van der Waals surface area (Å²) in [7, 11) is 0. The molecule has 142 valence electrons. The number of nitro groups is 1. The highest BCUT2D eigenvalue weighted by Crippen LogP contribution is 2.27. The van der Waals surface area contributed by atoms with E-state index in [4.69, 9.17) is 27.9 Å². The average molecular weight is 410 g/mol. The summed E-state index contributed by atoms with van der Waals surface area (Å²) in [6.07, 6.45) is 0.707. The number of carbonyl (C=O) groups is 1. The Balaban J connectivity index is 1.76. The topological polar surface area (TPSA) is 93.8 Å². The fraction of sp³-hybridized carbons (Fsp3) is 0.222. The summed E-state index contributed by atoms with van der Waals surface area (Å²) in [6, 6.07) is 10.8. The minimum Gasteiger partial charge on any atom is -0.492 e. The van der Waals surface area contributed by atoms with E-state index in [-0.39, 0.29) is 18.0 Å².